The van der Waals surface area contributed by atoms with Crippen LogP contribution in [0.15, 0.2) is 24.3 Å². The lowest BCUT2D eigenvalue weighted by Crippen LogP contribution is -2.33. The summed E-state index contributed by atoms with van der Waals surface area (Å²) in [6.07, 6.45) is -2.07. The van der Waals surface area contributed by atoms with Gasteiger partial charge in [0, 0.05) is 19.6 Å². The molecule has 1 aliphatic carbocycles. The highest BCUT2D eigenvalue weighted by Crippen LogP contribution is 2.38. The van der Waals surface area contributed by atoms with E-state index in [1.807, 2.05) is 24.3 Å². The molecule has 0 aromatic heterocycles. The molecule has 1 saturated heterocycles. The summed E-state index contributed by atoms with van der Waals surface area (Å²) in [5, 5.41) is 9.03. The summed E-state index contributed by atoms with van der Waals surface area (Å²) in [5.74, 6) is -3.18. The predicted molar refractivity (Wildman–Crippen MR) is 80.6 cm³/mol. The molecule has 1 aromatic rings. The van der Waals surface area contributed by atoms with E-state index in [9.17, 15) is 18.0 Å². The number of hydrogen-bond acceptors (Lipinski definition) is 3. The monoisotopic (exact) mass is 343 g/mol. The fraction of sp³-hybridized carbons (Fsp3) is 0.588. The Bertz CT molecular complexity index is 584. The van der Waals surface area contributed by atoms with Gasteiger partial charge in [-0.25, -0.2) is 0 Å². The first kappa shape index (κ1) is 17.1. The Morgan fingerprint density at radius 2 is 1.88 bits per heavy atom. The Balaban J connectivity index is 1.58. The van der Waals surface area contributed by atoms with Gasteiger partial charge in [0.2, 0.25) is 0 Å². The molecule has 2 fully saturated rings. The molecule has 4 nitrogen and oxygen atoms in total. The van der Waals surface area contributed by atoms with Crippen LogP contribution in [-0.4, -0.2) is 41.8 Å². The Morgan fingerprint density at radius 1 is 1.21 bits per heavy atom. The molecule has 2 aliphatic rings. The van der Waals surface area contributed by atoms with E-state index < -0.39 is 24.0 Å². The van der Waals surface area contributed by atoms with Crippen molar-refractivity contribution in [1.29, 1.82) is 0 Å². The molecule has 2 atom stereocenters. The lowest BCUT2D eigenvalue weighted by Gasteiger charge is -2.18. The standard InChI is InChI=1S/C17H20F3NO3/c18-17(19,20)15-9-21(8-14(15)16(22)23)7-11-3-5-13(6-4-11)24-10-12-1-2-12/h3-6,12,14-15H,1-2,7-10H2,(H,22,23)/t14-,15-/m1/s1. The van der Waals surface area contributed by atoms with Crippen LogP contribution in [0.25, 0.3) is 0 Å². The van der Waals surface area contributed by atoms with Gasteiger partial charge in [0.05, 0.1) is 18.4 Å². The summed E-state index contributed by atoms with van der Waals surface area (Å²) in [6.45, 7) is 0.651. The van der Waals surface area contributed by atoms with Crippen molar-refractivity contribution in [3.63, 3.8) is 0 Å². The van der Waals surface area contributed by atoms with Gasteiger partial charge in [0.15, 0.2) is 0 Å². The van der Waals surface area contributed by atoms with Gasteiger partial charge in [-0.3, -0.25) is 9.69 Å². The van der Waals surface area contributed by atoms with Crippen molar-refractivity contribution in [3.8, 4) is 5.75 Å². The minimum Gasteiger partial charge on any atom is -0.493 e. The molecule has 0 bridgehead atoms. The third-order valence-electron chi connectivity index (χ3n) is 4.65. The summed E-state index contributed by atoms with van der Waals surface area (Å²) in [7, 11) is 0. The van der Waals surface area contributed by atoms with Gasteiger partial charge in [0.25, 0.3) is 0 Å². The zero-order chi connectivity index (χ0) is 17.3. The summed E-state index contributed by atoms with van der Waals surface area (Å²) in [4.78, 5) is 12.6. The van der Waals surface area contributed by atoms with E-state index in [1.54, 1.807) is 4.90 Å². The van der Waals surface area contributed by atoms with E-state index >= 15 is 0 Å². The zero-order valence-corrected chi connectivity index (χ0v) is 13.1. The van der Waals surface area contributed by atoms with E-state index in [0.717, 1.165) is 11.3 Å². The normalized spacial score (nSPS) is 25.0. The lowest BCUT2D eigenvalue weighted by atomic mass is 9.96. The number of carboxylic acid groups (broad SMARTS) is 1. The number of hydrogen-bond donors (Lipinski definition) is 1. The maximum absolute atomic E-state index is 13.0. The second kappa shape index (κ2) is 6.63. The van der Waals surface area contributed by atoms with Crippen molar-refractivity contribution in [1.82, 2.24) is 4.90 Å². The second-order valence-corrected chi connectivity index (χ2v) is 6.69. The highest BCUT2D eigenvalue weighted by atomic mass is 19.4. The van der Waals surface area contributed by atoms with Gasteiger partial charge in [-0.1, -0.05) is 12.1 Å². The maximum Gasteiger partial charge on any atom is 0.393 e. The topological polar surface area (TPSA) is 49.8 Å². The molecule has 0 unspecified atom stereocenters. The lowest BCUT2D eigenvalue weighted by molar-refractivity contribution is -0.188. The van der Waals surface area contributed by atoms with Crippen LogP contribution >= 0.6 is 0 Å². The molecule has 132 valence electrons. The average molecular weight is 343 g/mol. The summed E-state index contributed by atoms with van der Waals surface area (Å²) < 4.78 is 44.6. The number of aliphatic carboxylic acids is 1. The third-order valence-corrected chi connectivity index (χ3v) is 4.65. The van der Waals surface area contributed by atoms with E-state index in [1.165, 1.54) is 12.8 Å². The van der Waals surface area contributed by atoms with E-state index in [0.29, 0.717) is 19.1 Å². The molecule has 1 aromatic carbocycles. The number of halogens is 3. The van der Waals surface area contributed by atoms with Crippen molar-refractivity contribution in [3.05, 3.63) is 29.8 Å². The number of ether oxygens (including phenoxy) is 1. The fourth-order valence-electron chi connectivity index (χ4n) is 3.04. The van der Waals surface area contributed by atoms with Gasteiger partial charge < -0.3 is 9.84 Å². The van der Waals surface area contributed by atoms with Crippen LogP contribution in [-0.2, 0) is 11.3 Å². The van der Waals surface area contributed by atoms with Crippen LogP contribution in [0.3, 0.4) is 0 Å². The fourth-order valence-corrected chi connectivity index (χ4v) is 3.04. The maximum atomic E-state index is 13.0. The summed E-state index contributed by atoms with van der Waals surface area (Å²) in [6, 6.07) is 7.26. The molecule has 7 heteroatoms. The van der Waals surface area contributed by atoms with Crippen molar-refractivity contribution >= 4 is 5.97 Å². The van der Waals surface area contributed by atoms with Crippen LogP contribution in [0.4, 0.5) is 13.2 Å². The quantitative estimate of drug-likeness (QED) is 0.862. The highest BCUT2D eigenvalue weighted by molar-refractivity contribution is 5.71. The number of likely N-dealkylation sites (tertiary alicyclic amines) is 1. The van der Waals surface area contributed by atoms with Crippen LogP contribution in [0.2, 0.25) is 0 Å². The van der Waals surface area contributed by atoms with Gasteiger partial charge in [-0.2, -0.15) is 13.2 Å². The molecule has 1 heterocycles. The van der Waals surface area contributed by atoms with Gasteiger partial charge >= 0.3 is 12.1 Å². The first-order valence-electron chi connectivity index (χ1n) is 8.06. The molecule has 0 spiro atoms. The number of nitrogens with zero attached hydrogens (tertiary/aromatic N) is 1. The summed E-state index contributed by atoms with van der Waals surface area (Å²) >= 11 is 0. The van der Waals surface area contributed by atoms with E-state index in [-0.39, 0.29) is 13.1 Å². The van der Waals surface area contributed by atoms with Gasteiger partial charge in [0.1, 0.15) is 5.75 Å². The van der Waals surface area contributed by atoms with Crippen LogP contribution in [0, 0.1) is 17.8 Å². The van der Waals surface area contributed by atoms with E-state index in [4.69, 9.17) is 9.84 Å². The predicted octanol–water partition coefficient (Wildman–Crippen LogP) is 3.17. The van der Waals surface area contributed by atoms with Gasteiger partial charge in [-0.15, -0.1) is 0 Å². The largest absolute Gasteiger partial charge is 0.493 e. The smallest absolute Gasteiger partial charge is 0.393 e. The summed E-state index contributed by atoms with van der Waals surface area (Å²) in [5.41, 5.74) is 0.848. The number of benzene rings is 1. The molecule has 0 radical (unpaired) electrons. The first-order valence-corrected chi connectivity index (χ1v) is 8.06. The zero-order valence-electron chi connectivity index (χ0n) is 13.1. The van der Waals surface area contributed by atoms with E-state index in [2.05, 4.69) is 0 Å². The number of alkyl halides is 3. The SMILES string of the molecule is O=C(O)[C@@H]1CN(Cc2ccc(OCC3CC3)cc2)C[C@H]1C(F)(F)F. The molecule has 0 amide bonds. The van der Waals surface area contributed by atoms with Crippen molar-refractivity contribution in [2.24, 2.45) is 17.8 Å². The average Bonchev–Trinajstić information content (AvgIpc) is 3.23. The van der Waals surface area contributed by atoms with Crippen LogP contribution < -0.4 is 4.74 Å². The Hall–Kier alpha value is -1.76. The van der Waals surface area contributed by atoms with Crippen LogP contribution in [0.5, 0.6) is 5.75 Å². The molecule has 24 heavy (non-hydrogen) atoms. The number of carbonyl (C=O) groups is 1. The van der Waals surface area contributed by atoms with Crippen LogP contribution in [0.1, 0.15) is 18.4 Å². The molecule has 1 N–H and O–H groups in total. The van der Waals surface area contributed by atoms with Crippen molar-refractivity contribution in [2.75, 3.05) is 19.7 Å². The molecule has 1 saturated carbocycles. The number of rotatable bonds is 6. The molecule has 1 aliphatic heterocycles. The highest BCUT2D eigenvalue weighted by Gasteiger charge is 2.52. The Morgan fingerprint density at radius 3 is 2.38 bits per heavy atom. The van der Waals surface area contributed by atoms with Crippen molar-refractivity contribution < 1.29 is 27.8 Å². The third kappa shape index (κ3) is 4.20. The Kier molecular flexibility index (Phi) is 4.71. The molecular weight excluding hydrogens is 323 g/mol. The second-order valence-electron chi connectivity index (χ2n) is 6.69. The molecule has 3 rings (SSSR count). The van der Waals surface area contributed by atoms with Gasteiger partial charge in [-0.05, 0) is 36.5 Å². The molecular formula is C17H20F3NO3. The number of carboxylic acids is 1. The van der Waals surface area contributed by atoms with Crippen molar-refractivity contribution in [2.45, 2.75) is 25.6 Å². The minimum absolute atomic E-state index is 0.0839. The Labute approximate surface area is 138 Å². The first-order chi connectivity index (χ1) is 11.3. The minimum atomic E-state index is -4.49.